The largest absolute Gasteiger partial charge is 0.480 e. The molecule has 1 amide bonds. The van der Waals surface area contributed by atoms with Gasteiger partial charge in [-0.25, -0.2) is 4.68 Å². The van der Waals surface area contributed by atoms with Gasteiger partial charge in [0.05, 0.1) is 18.8 Å². The minimum absolute atomic E-state index is 0.193. The molecule has 0 saturated carbocycles. The van der Waals surface area contributed by atoms with Crippen LogP contribution in [-0.4, -0.2) is 38.0 Å². The number of nitrogens with zero attached hydrogens (tertiary/aromatic N) is 3. The van der Waals surface area contributed by atoms with E-state index in [9.17, 15) is 9.59 Å². The van der Waals surface area contributed by atoms with Crippen molar-refractivity contribution in [2.75, 3.05) is 0 Å². The van der Waals surface area contributed by atoms with Crippen LogP contribution >= 0.6 is 0 Å². The van der Waals surface area contributed by atoms with E-state index in [2.05, 4.69) is 15.6 Å². The lowest BCUT2D eigenvalue weighted by Crippen LogP contribution is -2.40. The lowest BCUT2D eigenvalue weighted by Gasteiger charge is -2.10. The van der Waals surface area contributed by atoms with Gasteiger partial charge in [0.1, 0.15) is 12.2 Å². The molecule has 0 fully saturated rings. The fraction of sp³-hybridized carbons (Fsp3) is 0.636. The molecular formula is C11H19N5O3. The van der Waals surface area contributed by atoms with E-state index in [4.69, 9.17) is 10.8 Å². The zero-order valence-electron chi connectivity index (χ0n) is 10.9. The van der Waals surface area contributed by atoms with Crippen LogP contribution < -0.4 is 11.1 Å². The van der Waals surface area contributed by atoms with E-state index in [0.29, 0.717) is 12.1 Å². The lowest BCUT2D eigenvalue weighted by molar-refractivity contribution is -0.138. The van der Waals surface area contributed by atoms with E-state index in [1.165, 1.54) is 10.9 Å². The van der Waals surface area contributed by atoms with Crippen molar-refractivity contribution in [3.05, 3.63) is 11.9 Å². The number of carbonyl (C=O) groups excluding carboxylic acids is 1. The van der Waals surface area contributed by atoms with Gasteiger partial charge in [-0.1, -0.05) is 25.0 Å². The van der Waals surface area contributed by atoms with E-state index >= 15 is 0 Å². The maximum absolute atomic E-state index is 11.6. The van der Waals surface area contributed by atoms with Crippen molar-refractivity contribution in [1.82, 2.24) is 20.3 Å². The molecule has 0 spiro atoms. The summed E-state index contributed by atoms with van der Waals surface area (Å²) in [5.41, 5.74) is 6.21. The number of aliphatic carboxylic acids is 1. The molecule has 0 aliphatic carbocycles. The first-order chi connectivity index (χ1) is 9.02. The summed E-state index contributed by atoms with van der Waals surface area (Å²) in [6.07, 6.45) is 4.02. The SMILES string of the molecule is CCCCC(N)C(=O)NCc1cn(CC(=O)O)nn1. The van der Waals surface area contributed by atoms with E-state index < -0.39 is 12.0 Å². The molecule has 19 heavy (non-hydrogen) atoms. The zero-order valence-corrected chi connectivity index (χ0v) is 10.9. The van der Waals surface area contributed by atoms with E-state index in [0.717, 1.165) is 12.8 Å². The van der Waals surface area contributed by atoms with Gasteiger partial charge in [-0.2, -0.15) is 0 Å². The van der Waals surface area contributed by atoms with Crippen molar-refractivity contribution in [3.63, 3.8) is 0 Å². The number of amides is 1. The fourth-order valence-electron chi connectivity index (χ4n) is 1.50. The summed E-state index contributed by atoms with van der Waals surface area (Å²) in [6.45, 7) is 1.97. The average Bonchev–Trinajstić information content (AvgIpc) is 2.79. The molecule has 1 aromatic heterocycles. The highest BCUT2D eigenvalue weighted by atomic mass is 16.4. The summed E-state index contributed by atoms with van der Waals surface area (Å²) >= 11 is 0. The van der Waals surface area contributed by atoms with Crippen LogP contribution in [0.3, 0.4) is 0 Å². The molecule has 4 N–H and O–H groups in total. The lowest BCUT2D eigenvalue weighted by atomic mass is 10.1. The number of hydrogen-bond acceptors (Lipinski definition) is 5. The molecule has 106 valence electrons. The number of hydrogen-bond donors (Lipinski definition) is 3. The van der Waals surface area contributed by atoms with Gasteiger partial charge < -0.3 is 16.2 Å². The molecule has 0 aliphatic rings. The van der Waals surface area contributed by atoms with Crippen molar-refractivity contribution in [3.8, 4) is 0 Å². The Hall–Kier alpha value is -1.96. The van der Waals surface area contributed by atoms with Crippen molar-refractivity contribution < 1.29 is 14.7 Å². The van der Waals surface area contributed by atoms with Crippen molar-refractivity contribution >= 4 is 11.9 Å². The summed E-state index contributed by atoms with van der Waals surface area (Å²) in [5.74, 6) is -1.23. The molecule has 0 bridgehead atoms. The van der Waals surface area contributed by atoms with Crippen LogP contribution in [0.5, 0.6) is 0 Å². The van der Waals surface area contributed by atoms with Gasteiger partial charge in [0.25, 0.3) is 0 Å². The highest BCUT2D eigenvalue weighted by Gasteiger charge is 2.13. The number of unbranched alkanes of at least 4 members (excludes halogenated alkanes) is 1. The maximum atomic E-state index is 11.6. The number of rotatable bonds is 8. The van der Waals surface area contributed by atoms with Gasteiger partial charge in [-0.3, -0.25) is 9.59 Å². The Labute approximate surface area is 111 Å². The van der Waals surface area contributed by atoms with Crippen LogP contribution in [0.15, 0.2) is 6.20 Å². The van der Waals surface area contributed by atoms with Gasteiger partial charge in [-0.05, 0) is 6.42 Å². The number of nitrogens with one attached hydrogen (secondary N) is 1. The number of carboxylic acid groups (broad SMARTS) is 1. The summed E-state index contributed by atoms with van der Waals surface area (Å²) < 4.78 is 1.20. The Kier molecular flexibility index (Phi) is 5.94. The molecule has 0 radical (unpaired) electrons. The van der Waals surface area contributed by atoms with Crippen LogP contribution in [0.25, 0.3) is 0 Å². The first-order valence-electron chi connectivity index (χ1n) is 6.17. The standard InChI is InChI=1S/C11H19N5O3/c1-2-3-4-9(12)11(19)13-5-8-6-16(15-14-8)7-10(17)18/h6,9H,2-5,7,12H2,1H3,(H,13,19)(H,17,18). The van der Waals surface area contributed by atoms with Crippen LogP contribution in [-0.2, 0) is 22.7 Å². The summed E-state index contributed by atoms with van der Waals surface area (Å²) in [7, 11) is 0. The monoisotopic (exact) mass is 269 g/mol. The van der Waals surface area contributed by atoms with Crippen molar-refractivity contribution in [2.45, 2.75) is 45.3 Å². The van der Waals surface area contributed by atoms with E-state index in [1.54, 1.807) is 0 Å². The molecule has 1 atom stereocenters. The van der Waals surface area contributed by atoms with E-state index in [-0.39, 0.29) is 19.0 Å². The molecule has 8 heteroatoms. The van der Waals surface area contributed by atoms with Crippen LogP contribution in [0.4, 0.5) is 0 Å². The first-order valence-corrected chi connectivity index (χ1v) is 6.17. The average molecular weight is 269 g/mol. The predicted molar refractivity (Wildman–Crippen MR) is 67.0 cm³/mol. The van der Waals surface area contributed by atoms with Gasteiger partial charge >= 0.3 is 5.97 Å². The Morgan fingerprint density at radius 3 is 2.95 bits per heavy atom. The Morgan fingerprint density at radius 1 is 1.58 bits per heavy atom. The normalized spacial score (nSPS) is 12.1. The molecule has 1 aromatic rings. The predicted octanol–water partition coefficient (Wildman–Crippen LogP) is -0.504. The van der Waals surface area contributed by atoms with Gasteiger partial charge in [0.15, 0.2) is 0 Å². The van der Waals surface area contributed by atoms with Crippen LogP contribution in [0.2, 0.25) is 0 Å². The minimum Gasteiger partial charge on any atom is -0.480 e. The Balaban J connectivity index is 2.37. The van der Waals surface area contributed by atoms with Crippen LogP contribution in [0, 0.1) is 0 Å². The molecule has 8 nitrogen and oxygen atoms in total. The highest BCUT2D eigenvalue weighted by Crippen LogP contribution is 1.99. The second-order valence-corrected chi connectivity index (χ2v) is 4.27. The van der Waals surface area contributed by atoms with Crippen molar-refractivity contribution in [1.29, 1.82) is 0 Å². The summed E-state index contributed by atoms with van der Waals surface area (Å²) in [6, 6.07) is -0.519. The van der Waals surface area contributed by atoms with E-state index in [1.807, 2.05) is 6.92 Å². The first kappa shape index (κ1) is 15.1. The molecule has 1 unspecified atom stereocenters. The van der Waals surface area contributed by atoms with Gasteiger partial charge in [-0.15, -0.1) is 5.10 Å². The second-order valence-electron chi connectivity index (χ2n) is 4.27. The zero-order chi connectivity index (χ0) is 14.3. The second kappa shape index (κ2) is 7.47. The third kappa shape index (κ3) is 5.47. The number of nitrogens with two attached hydrogens (primary N) is 1. The molecule has 1 heterocycles. The summed E-state index contributed by atoms with van der Waals surface area (Å²) in [5, 5.41) is 18.6. The van der Waals surface area contributed by atoms with Gasteiger partial charge in [0, 0.05) is 0 Å². The van der Waals surface area contributed by atoms with Crippen LogP contribution in [0.1, 0.15) is 31.9 Å². The smallest absolute Gasteiger partial charge is 0.325 e. The third-order valence-corrected chi connectivity index (χ3v) is 2.53. The molecule has 0 aromatic carbocycles. The molecular weight excluding hydrogens is 250 g/mol. The number of aromatic nitrogens is 3. The number of carboxylic acids is 1. The molecule has 0 saturated heterocycles. The summed E-state index contributed by atoms with van der Waals surface area (Å²) in [4.78, 5) is 22.1. The highest BCUT2D eigenvalue weighted by molar-refractivity contribution is 5.81. The quantitative estimate of drug-likeness (QED) is 0.584. The fourth-order valence-corrected chi connectivity index (χ4v) is 1.50. The Morgan fingerprint density at radius 2 is 2.32 bits per heavy atom. The topological polar surface area (TPSA) is 123 Å². The number of carbonyl (C=O) groups is 2. The maximum Gasteiger partial charge on any atom is 0.325 e. The minimum atomic E-state index is -0.998. The molecule has 1 rings (SSSR count). The van der Waals surface area contributed by atoms with Crippen molar-refractivity contribution in [2.24, 2.45) is 5.73 Å². The third-order valence-electron chi connectivity index (χ3n) is 2.53. The Bertz CT molecular complexity index is 432. The molecule has 0 aliphatic heterocycles. The van der Waals surface area contributed by atoms with Gasteiger partial charge in [0.2, 0.25) is 5.91 Å².